The van der Waals surface area contributed by atoms with Gasteiger partial charge in [0.2, 0.25) is 0 Å². The summed E-state index contributed by atoms with van der Waals surface area (Å²) in [6.45, 7) is 3.25. The zero-order valence-corrected chi connectivity index (χ0v) is 16.3. The van der Waals surface area contributed by atoms with E-state index in [1.807, 2.05) is 60.7 Å². The summed E-state index contributed by atoms with van der Waals surface area (Å²) >= 11 is 0. The van der Waals surface area contributed by atoms with Crippen molar-refractivity contribution in [3.05, 3.63) is 72.4 Å². The zero-order valence-electron chi connectivity index (χ0n) is 16.3. The van der Waals surface area contributed by atoms with Gasteiger partial charge in [0.25, 0.3) is 5.91 Å². The molecular formula is C23H23N3O3. The maximum Gasteiger partial charge on any atom is 0.274 e. The van der Waals surface area contributed by atoms with Gasteiger partial charge in [0.1, 0.15) is 11.4 Å². The SMILES string of the molecule is COc1ccc(-c2cccc(C(=O)Nc3ccc(N4CCOCC4)cc3)n2)cc1. The highest BCUT2D eigenvalue weighted by Gasteiger charge is 2.12. The zero-order chi connectivity index (χ0) is 20.1. The fourth-order valence-electron chi connectivity index (χ4n) is 3.26. The Morgan fingerprint density at radius 1 is 1.00 bits per heavy atom. The van der Waals surface area contributed by atoms with Crippen LogP contribution in [0.2, 0.25) is 0 Å². The molecule has 1 N–H and O–H groups in total. The molecule has 0 radical (unpaired) electrons. The number of hydrogen-bond donors (Lipinski definition) is 1. The topological polar surface area (TPSA) is 63.7 Å². The number of carbonyl (C=O) groups excluding carboxylic acids is 1. The summed E-state index contributed by atoms with van der Waals surface area (Å²) in [7, 11) is 1.63. The normalized spacial score (nSPS) is 13.8. The fourth-order valence-corrected chi connectivity index (χ4v) is 3.26. The molecule has 1 aliphatic heterocycles. The molecule has 1 amide bonds. The average molecular weight is 389 g/mol. The van der Waals surface area contributed by atoms with E-state index in [1.165, 1.54) is 0 Å². The molecule has 0 unspecified atom stereocenters. The lowest BCUT2D eigenvalue weighted by molar-refractivity contribution is 0.102. The van der Waals surface area contributed by atoms with Gasteiger partial charge < -0.3 is 19.7 Å². The van der Waals surface area contributed by atoms with Crippen LogP contribution in [0.25, 0.3) is 11.3 Å². The molecule has 1 aliphatic rings. The van der Waals surface area contributed by atoms with Gasteiger partial charge in [-0.2, -0.15) is 0 Å². The van der Waals surface area contributed by atoms with E-state index in [4.69, 9.17) is 9.47 Å². The molecule has 0 spiro atoms. The van der Waals surface area contributed by atoms with Crippen molar-refractivity contribution < 1.29 is 14.3 Å². The molecule has 1 aromatic heterocycles. The molecule has 3 aromatic rings. The fraction of sp³-hybridized carbons (Fsp3) is 0.217. The van der Waals surface area contributed by atoms with Gasteiger partial charge in [-0.05, 0) is 60.7 Å². The minimum absolute atomic E-state index is 0.237. The number of hydrogen-bond acceptors (Lipinski definition) is 5. The first-order chi connectivity index (χ1) is 14.2. The maximum absolute atomic E-state index is 12.7. The highest BCUT2D eigenvalue weighted by Crippen LogP contribution is 2.22. The number of nitrogens with zero attached hydrogens (tertiary/aromatic N) is 2. The Labute approximate surface area is 170 Å². The van der Waals surface area contributed by atoms with Gasteiger partial charge in [-0.25, -0.2) is 4.98 Å². The third-order valence-electron chi connectivity index (χ3n) is 4.87. The Kier molecular flexibility index (Phi) is 5.72. The Morgan fingerprint density at radius 3 is 2.41 bits per heavy atom. The molecule has 2 aromatic carbocycles. The van der Waals surface area contributed by atoms with Crippen LogP contribution in [0.5, 0.6) is 5.75 Å². The first-order valence-electron chi connectivity index (χ1n) is 9.58. The molecule has 0 saturated carbocycles. The highest BCUT2D eigenvalue weighted by molar-refractivity contribution is 6.03. The number of pyridine rings is 1. The summed E-state index contributed by atoms with van der Waals surface area (Å²) in [5.74, 6) is 0.544. The summed E-state index contributed by atoms with van der Waals surface area (Å²) in [4.78, 5) is 19.4. The van der Waals surface area contributed by atoms with Gasteiger partial charge in [-0.3, -0.25) is 4.79 Å². The van der Waals surface area contributed by atoms with Gasteiger partial charge in [-0.1, -0.05) is 6.07 Å². The number of anilines is 2. The Bertz CT molecular complexity index is 965. The van der Waals surface area contributed by atoms with Gasteiger partial charge in [0.05, 0.1) is 26.0 Å². The van der Waals surface area contributed by atoms with Crippen LogP contribution in [-0.2, 0) is 4.74 Å². The second kappa shape index (κ2) is 8.75. The van der Waals surface area contributed by atoms with E-state index in [0.29, 0.717) is 5.69 Å². The maximum atomic E-state index is 12.7. The number of aromatic nitrogens is 1. The molecule has 148 valence electrons. The number of nitrogens with one attached hydrogen (secondary N) is 1. The average Bonchev–Trinajstić information content (AvgIpc) is 2.80. The molecule has 2 heterocycles. The van der Waals surface area contributed by atoms with Crippen molar-refractivity contribution >= 4 is 17.3 Å². The van der Waals surface area contributed by atoms with Crippen LogP contribution in [-0.4, -0.2) is 44.3 Å². The second-order valence-corrected chi connectivity index (χ2v) is 6.74. The summed E-state index contributed by atoms with van der Waals surface area (Å²) in [5.41, 5.74) is 3.91. The van der Waals surface area contributed by atoms with E-state index in [-0.39, 0.29) is 5.91 Å². The van der Waals surface area contributed by atoms with Crippen molar-refractivity contribution in [3.8, 4) is 17.0 Å². The summed E-state index contributed by atoms with van der Waals surface area (Å²) < 4.78 is 10.6. The predicted octanol–water partition coefficient (Wildman–Crippen LogP) is 3.85. The van der Waals surface area contributed by atoms with E-state index < -0.39 is 0 Å². The summed E-state index contributed by atoms with van der Waals surface area (Å²) in [5, 5.41) is 2.92. The lowest BCUT2D eigenvalue weighted by Gasteiger charge is -2.28. The van der Waals surface area contributed by atoms with Crippen molar-refractivity contribution in [1.29, 1.82) is 0 Å². The number of methoxy groups -OCH3 is 1. The number of benzene rings is 2. The Morgan fingerprint density at radius 2 is 1.72 bits per heavy atom. The summed E-state index contributed by atoms with van der Waals surface area (Å²) in [6.07, 6.45) is 0. The number of rotatable bonds is 5. The third kappa shape index (κ3) is 4.55. The van der Waals surface area contributed by atoms with Crippen molar-refractivity contribution in [1.82, 2.24) is 4.98 Å². The van der Waals surface area contributed by atoms with Crippen LogP contribution in [0, 0.1) is 0 Å². The van der Waals surface area contributed by atoms with E-state index in [2.05, 4.69) is 15.2 Å². The third-order valence-corrected chi connectivity index (χ3v) is 4.87. The largest absolute Gasteiger partial charge is 0.497 e. The number of ether oxygens (including phenoxy) is 2. The molecule has 1 saturated heterocycles. The van der Waals surface area contributed by atoms with Crippen molar-refractivity contribution in [2.45, 2.75) is 0 Å². The molecule has 0 atom stereocenters. The molecule has 6 nitrogen and oxygen atoms in total. The number of carbonyl (C=O) groups is 1. The van der Waals surface area contributed by atoms with Crippen molar-refractivity contribution in [3.63, 3.8) is 0 Å². The molecule has 1 fully saturated rings. The minimum Gasteiger partial charge on any atom is -0.497 e. The second-order valence-electron chi connectivity index (χ2n) is 6.74. The number of morpholine rings is 1. The van der Waals surface area contributed by atoms with E-state index in [9.17, 15) is 4.79 Å². The van der Waals surface area contributed by atoms with Crippen LogP contribution >= 0.6 is 0 Å². The standard InChI is InChI=1S/C23H23N3O3/c1-28-20-11-5-17(6-12-20)21-3-2-4-22(25-21)23(27)24-18-7-9-19(10-8-18)26-13-15-29-16-14-26/h2-12H,13-16H2,1H3,(H,24,27). The Hall–Kier alpha value is -3.38. The van der Waals surface area contributed by atoms with Crippen LogP contribution in [0.1, 0.15) is 10.5 Å². The predicted molar refractivity (Wildman–Crippen MR) is 114 cm³/mol. The van der Waals surface area contributed by atoms with Gasteiger partial charge >= 0.3 is 0 Å². The van der Waals surface area contributed by atoms with E-state index >= 15 is 0 Å². The monoisotopic (exact) mass is 389 g/mol. The molecule has 4 rings (SSSR count). The molecule has 0 aliphatic carbocycles. The minimum atomic E-state index is -0.237. The molecule has 6 heteroatoms. The van der Waals surface area contributed by atoms with Crippen molar-refractivity contribution in [2.24, 2.45) is 0 Å². The number of amides is 1. The van der Waals surface area contributed by atoms with Crippen LogP contribution in [0.15, 0.2) is 66.7 Å². The molecule has 29 heavy (non-hydrogen) atoms. The first kappa shape index (κ1) is 19.0. The van der Waals surface area contributed by atoms with Crippen LogP contribution < -0.4 is 15.0 Å². The summed E-state index contributed by atoms with van der Waals surface area (Å²) in [6, 6.07) is 20.9. The van der Waals surface area contributed by atoms with Gasteiger partial charge in [-0.15, -0.1) is 0 Å². The quantitative estimate of drug-likeness (QED) is 0.718. The first-order valence-corrected chi connectivity index (χ1v) is 9.58. The lowest BCUT2D eigenvalue weighted by atomic mass is 10.1. The van der Waals surface area contributed by atoms with Gasteiger partial charge in [0.15, 0.2) is 0 Å². The Balaban J connectivity index is 1.45. The van der Waals surface area contributed by atoms with Crippen molar-refractivity contribution in [2.75, 3.05) is 43.6 Å². The smallest absolute Gasteiger partial charge is 0.274 e. The molecular weight excluding hydrogens is 366 g/mol. The highest BCUT2D eigenvalue weighted by atomic mass is 16.5. The molecule has 0 bridgehead atoms. The van der Waals surface area contributed by atoms with Crippen LogP contribution in [0.3, 0.4) is 0 Å². The van der Waals surface area contributed by atoms with Crippen LogP contribution in [0.4, 0.5) is 11.4 Å². The van der Waals surface area contributed by atoms with E-state index in [0.717, 1.165) is 54.7 Å². The lowest BCUT2D eigenvalue weighted by Crippen LogP contribution is -2.36. The van der Waals surface area contributed by atoms with E-state index in [1.54, 1.807) is 13.2 Å². The van der Waals surface area contributed by atoms with Gasteiger partial charge in [0, 0.05) is 30.0 Å².